The van der Waals surface area contributed by atoms with Gasteiger partial charge in [-0.2, -0.15) is 0 Å². The van der Waals surface area contributed by atoms with Crippen LogP contribution in [0.5, 0.6) is 0 Å². The molecule has 1 aromatic heterocycles. The molecule has 1 unspecified atom stereocenters. The van der Waals surface area contributed by atoms with E-state index >= 15 is 0 Å². The zero-order valence-corrected chi connectivity index (χ0v) is 10.7. The van der Waals surface area contributed by atoms with Gasteiger partial charge in [-0.1, -0.05) is 13.0 Å². The number of hydrogen-bond acceptors (Lipinski definition) is 5. The van der Waals surface area contributed by atoms with E-state index in [1.54, 1.807) is 11.3 Å². The Balaban J connectivity index is 1.88. The molecule has 17 heavy (non-hydrogen) atoms. The van der Waals surface area contributed by atoms with Crippen LogP contribution in [0.25, 0.3) is 0 Å². The minimum Gasteiger partial charge on any atom is -0.313 e. The number of carbonyl (C=O) groups excluding carboxylic acids is 1. The summed E-state index contributed by atoms with van der Waals surface area (Å²) in [4.78, 5) is 12.8. The van der Waals surface area contributed by atoms with E-state index in [1.165, 1.54) is 4.88 Å². The monoisotopic (exact) mass is 255 g/mol. The van der Waals surface area contributed by atoms with E-state index in [9.17, 15) is 4.79 Å². The van der Waals surface area contributed by atoms with Crippen LogP contribution in [0.3, 0.4) is 0 Å². The highest BCUT2D eigenvalue weighted by atomic mass is 32.1. The molecule has 2 rings (SSSR count). The van der Waals surface area contributed by atoms with Crippen molar-refractivity contribution in [3.05, 3.63) is 22.4 Å². The van der Waals surface area contributed by atoms with E-state index in [2.05, 4.69) is 11.4 Å². The second-order valence-corrected chi connectivity index (χ2v) is 5.06. The van der Waals surface area contributed by atoms with Gasteiger partial charge in [0.25, 0.3) is 0 Å². The summed E-state index contributed by atoms with van der Waals surface area (Å²) >= 11 is 1.71. The lowest BCUT2D eigenvalue weighted by Crippen LogP contribution is -2.49. The fourth-order valence-electron chi connectivity index (χ4n) is 1.71. The summed E-state index contributed by atoms with van der Waals surface area (Å²) in [5.41, 5.74) is 0. The lowest BCUT2D eigenvalue weighted by atomic mass is 10.0. The second kappa shape index (κ2) is 6.26. The third-order valence-electron chi connectivity index (χ3n) is 2.71. The van der Waals surface area contributed by atoms with Crippen molar-refractivity contribution in [1.82, 2.24) is 5.32 Å². The van der Waals surface area contributed by atoms with Crippen LogP contribution in [0.4, 0.5) is 0 Å². The van der Waals surface area contributed by atoms with E-state index in [1.807, 2.05) is 18.4 Å². The molecule has 1 aliphatic rings. The van der Waals surface area contributed by atoms with Crippen LogP contribution in [0.15, 0.2) is 17.5 Å². The third kappa shape index (κ3) is 3.89. The summed E-state index contributed by atoms with van der Waals surface area (Å²) in [5, 5.41) is 5.24. The van der Waals surface area contributed by atoms with Gasteiger partial charge in [-0.3, -0.25) is 10.1 Å². The fraction of sp³-hybridized carbons (Fsp3) is 0.583. The maximum atomic E-state index is 11.5. The van der Waals surface area contributed by atoms with Crippen LogP contribution in [0.2, 0.25) is 0 Å². The quantitative estimate of drug-likeness (QED) is 0.808. The molecule has 1 saturated heterocycles. The average Bonchev–Trinajstić information content (AvgIpc) is 2.75. The Hall–Kier alpha value is -0.750. The van der Waals surface area contributed by atoms with Crippen LogP contribution in [0, 0.1) is 0 Å². The van der Waals surface area contributed by atoms with Gasteiger partial charge in [-0.15, -0.1) is 11.3 Å². The number of rotatable bonds is 7. The van der Waals surface area contributed by atoms with Gasteiger partial charge in [0.2, 0.25) is 6.41 Å². The summed E-state index contributed by atoms with van der Waals surface area (Å²) in [5.74, 6) is 0.262. The van der Waals surface area contributed by atoms with Crippen LogP contribution >= 0.6 is 11.3 Å². The summed E-state index contributed by atoms with van der Waals surface area (Å²) in [6, 6.07) is 4.19. The Morgan fingerprint density at radius 3 is 3.00 bits per heavy atom. The van der Waals surface area contributed by atoms with Crippen molar-refractivity contribution in [2.45, 2.75) is 38.6 Å². The molecule has 0 radical (unpaired) electrons. The van der Waals surface area contributed by atoms with Gasteiger partial charge in [-0.05, 0) is 17.9 Å². The fourth-order valence-corrected chi connectivity index (χ4v) is 2.49. The molecule has 0 spiro atoms. The normalized spacial score (nSPS) is 17.7. The van der Waals surface area contributed by atoms with Crippen LogP contribution in [0.1, 0.15) is 24.6 Å². The standard InChI is InChI=1S/C12H17NO3S/c1-2-10(14)6-9(13-12-15-8-16-12)7-11-4-3-5-17-11/h3-5,9,12-13H,2,6-8H2,1H3. The van der Waals surface area contributed by atoms with E-state index in [4.69, 9.17) is 9.47 Å². The molecule has 1 fully saturated rings. The van der Waals surface area contributed by atoms with Crippen molar-refractivity contribution in [1.29, 1.82) is 0 Å². The lowest BCUT2D eigenvalue weighted by molar-refractivity contribution is -0.335. The molecular formula is C12H17NO3S. The first-order valence-corrected chi connectivity index (χ1v) is 6.69. The molecule has 1 aromatic rings. The van der Waals surface area contributed by atoms with Crippen molar-refractivity contribution in [3.8, 4) is 0 Å². The van der Waals surface area contributed by atoms with Crippen LogP contribution in [-0.2, 0) is 20.7 Å². The largest absolute Gasteiger partial charge is 0.313 e. The van der Waals surface area contributed by atoms with Gasteiger partial charge < -0.3 is 9.47 Å². The Bertz CT molecular complexity index is 349. The lowest BCUT2D eigenvalue weighted by Gasteiger charge is -2.31. The Labute approximate surface area is 105 Å². The maximum absolute atomic E-state index is 11.5. The smallest absolute Gasteiger partial charge is 0.220 e. The Kier molecular flexibility index (Phi) is 4.67. The number of hydrogen-bond donors (Lipinski definition) is 1. The molecule has 1 aliphatic heterocycles. The summed E-state index contributed by atoms with van der Waals surface area (Å²) in [7, 11) is 0. The first kappa shape index (κ1) is 12.7. The summed E-state index contributed by atoms with van der Waals surface area (Å²) < 4.78 is 10.3. The zero-order chi connectivity index (χ0) is 12.1. The Morgan fingerprint density at radius 1 is 1.65 bits per heavy atom. The van der Waals surface area contributed by atoms with E-state index in [-0.39, 0.29) is 18.2 Å². The predicted molar refractivity (Wildman–Crippen MR) is 65.7 cm³/mol. The zero-order valence-electron chi connectivity index (χ0n) is 9.85. The van der Waals surface area contributed by atoms with E-state index in [0.717, 1.165) is 6.42 Å². The number of thiophene rings is 1. The summed E-state index contributed by atoms with van der Waals surface area (Å²) in [6.45, 7) is 2.23. The molecule has 4 nitrogen and oxygen atoms in total. The van der Waals surface area contributed by atoms with Gasteiger partial charge >= 0.3 is 0 Å². The minimum atomic E-state index is -0.343. The molecule has 0 aliphatic carbocycles. The SMILES string of the molecule is CCC(=O)CC(Cc1cccs1)NC1OCO1. The van der Waals surface area contributed by atoms with Gasteiger partial charge in [-0.25, -0.2) is 0 Å². The topological polar surface area (TPSA) is 47.6 Å². The van der Waals surface area contributed by atoms with Crippen molar-refractivity contribution < 1.29 is 14.3 Å². The van der Waals surface area contributed by atoms with Gasteiger partial charge in [0, 0.05) is 23.8 Å². The number of ketones is 1. The molecule has 1 atom stereocenters. The molecule has 0 bridgehead atoms. The first-order valence-electron chi connectivity index (χ1n) is 5.81. The maximum Gasteiger partial charge on any atom is 0.220 e. The molecule has 0 aromatic carbocycles. The van der Waals surface area contributed by atoms with E-state index in [0.29, 0.717) is 19.6 Å². The molecule has 0 amide bonds. The number of carbonyl (C=O) groups is 1. The molecule has 2 heterocycles. The molecule has 1 N–H and O–H groups in total. The van der Waals surface area contributed by atoms with Crippen molar-refractivity contribution in [3.63, 3.8) is 0 Å². The highest BCUT2D eigenvalue weighted by Crippen LogP contribution is 2.15. The van der Waals surface area contributed by atoms with Gasteiger partial charge in [0.15, 0.2) is 6.79 Å². The summed E-state index contributed by atoms with van der Waals surface area (Å²) in [6.07, 6.45) is 1.60. The highest BCUT2D eigenvalue weighted by molar-refractivity contribution is 7.09. The van der Waals surface area contributed by atoms with Crippen LogP contribution in [-0.4, -0.2) is 25.0 Å². The van der Waals surface area contributed by atoms with Crippen molar-refractivity contribution in [2.75, 3.05) is 6.79 Å². The van der Waals surface area contributed by atoms with E-state index < -0.39 is 0 Å². The van der Waals surface area contributed by atoms with Crippen molar-refractivity contribution >= 4 is 17.1 Å². The Morgan fingerprint density at radius 2 is 2.47 bits per heavy atom. The number of Topliss-reactive ketones (excluding diaryl/α,β-unsaturated/α-hetero) is 1. The predicted octanol–water partition coefficient (Wildman–Crippen LogP) is 1.91. The van der Waals surface area contributed by atoms with Gasteiger partial charge in [0.05, 0.1) is 0 Å². The van der Waals surface area contributed by atoms with Gasteiger partial charge in [0.1, 0.15) is 5.78 Å². The third-order valence-corrected chi connectivity index (χ3v) is 3.61. The molecular weight excluding hydrogens is 238 g/mol. The molecule has 5 heteroatoms. The highest BCUT2D eigenvalue weighted by Gasteiger charge is 2.24. The molecule has 94 valence electrons. The number of nitrogens with one attached hydrogen (secondary N) is 1. The first-order chi connectivity index (χ1) is 8.28. The van der Waals surface area contributed by atoms with Crippen LogP contribution < -0.4 is 5.32 Å². The number of ether oxygens (including phenoxy) is 2. The average molecular weight is 255 g/mol. The molecule has 0 saturated carbocycles. The van der Waals surface area contributed by atoms with Crippen molar-refractivity contribution in [2.24, 2.45) is 0 Å². The second-order valence-electron chi connectivity index (χ2n) is 4.03. The minimum absolute atomic E-state index is 0.0893.